The third kappa shape index (κ3) is 3.97. The van der Waals surface area contributed by atoms with Gasteiger partial charge in [0.1, 0.15) is 11.6 Å². The van der Waals surface area contributed by atoms with Crippen molar-refractivity contribution in [1.82, 2.24) is 4.90 Å². The van der Waals surface area contributed by atoms with Gasteiger partial charge in [0, 0.05) is 12.5 Å². The third-order valence-electron chi connectivity index (χ3n) is 3.33. The lowest BCUT2D eigenvalue weighted by molar-refractivity contribution is -0.147. The summed E-state index contributed by atoms with van der Waals surface area (Å²) in [7, 11) is 1.26. The number of nitrogens with zero attached hydrogens (tertiary/aromatic N) is 2. The number of carbonyl (C=O) groups is 2. The zero-order valence-corrected chi connectivity index (χ0v) is 13.0. The Hall–Kier alpha value is -2.03. The highest BCUT2D eigenvalue weighted by atomic mass is 16.6. The molecular weight excluding hydrogens is 272 g/mol. The van der Waals surface area contributed by atoms with Crippen LogP contribution in [0.4, 0.5) is 4.79 Å². The van der Waals surface area contributed by atoms with Gasteiger partial charge in [0.25, 0.3) is 0 Å². The molecule has 1 aliphatic heterocycles. The quantitative estimate of drug-likeness (QED) is 0.588. The predicted molar refractivity (Wildman–Crippen MR) is 76.2 cm³/mol. The molecule has 1 aliphatic rings. The minimum Gasteiger partial charge on any atom is -0.467 e. The molecule has 1 rings (SSSR count). The van der Waals surface area contributed by atoms with Gasteiger partial charge in [-0.2, -0.15) is 5.26 Å². The first-order chi connectivity index (χ1) is 9.75. The van der Waals surface area contributed by atoms with Gasteiger partial charge in [-0.15, -0.1) is 6.58 Å². The van der Waals surface area contributed by atoms with Crippen molar-refractivity contribution in [2.24, 2.45) is 11.8 Å². The van der Waals surface area contributed by atoms with Crippen molar-refractivity contribution in [2.45, 2.75) is 38.8 Å². The van der Waals surface area contributed by atoms with Gasteiger partial charge in [-0.25, -0.2) is 9.59 Å². The summed E-state index contributed by atoms with van der Waals surface area (Å²) >= 11 is 0. The van der Waals surface area contributed by atoms with Crippen LogP contribution in [0, 0.1) is 23.2 Å². The van der Waals surface area contributed by atoms with E-state index in [9.17, 15) is 14.9 Å². The van der Waals surface area contributed by atoms with Crippen molar-refractivity contribution in [3.63, 3.8) is 0 Å². The van der Waals surface area contributed by atoms with E-state index in [2.05, 4.69) is 12.6 Å². The van der Waals surface area contributed by atoms with Crippen LogP contribution in [0.2, 0.25) is 0 Å². The molecule has 0 spiro atoms. The molecule has 1 amide bonds. The van der Waals surface area contributed by atoms with E-state index < -0.39 is 29.6 Å². The Morgan fingerprint density at radius 3 is 2.52 bits per heavy atom. The second kappa shape index (κ2) is 6.61. The average Bonchev–Trinajstić information content (AvgIpc) is 2.75. The normalized spacial score (nSPS) is 25.1. The van der Waals surface area contributed by atoms with Crippen molar-refractivity contribution in [1.29, 1.82) is 5.26 Å². The van der Waals surface area contributed by atoms with Crippen LogP contribution >= 0.6 is 0 Å². The van der Waals surface area contributed by atoms with E-state index in [1.54, 1.807) is 26.8 Å². The van der Waals surface area contributed by atoms with Crippen molar-refractivity contribution < 1.29 is 19.1 Å². The number of hydrogen-bond acceptors (Lipinski definition) is 5. The van der Waals surface area contributed by atoms with E-state index >= 15 is 0 Å². The largest absolute Gasteiger partial charge is 0.467 e. The average molecular weight is 294 g/mol. The molecule has 0 radical (unpaired) electrons. The Labute approximate surface area is 125 Å². The maximum absolute atomic E-state index is 12.3. The molecule has 0 N–H and O–H groups in total. The molecule has 21 heavy (non-hydrogen) atoms. The zero-order valence-electron chi connectivity index (χ0n) is 13.0. The highest BCUT2D eigenvalue weighted by Crippen LogP contribution is 2.34. The molecule has 0 bridgehead atoms. The number of nitriles is 1. The van der Waals surface area contributed by atoms with Gasteiger partial charge in [-0.1, -0.05) is 6.08 Å². The number of esters is 1. The van der Waals surface area contributed by atoms with Crippen molar-refractivity contribution >= 4 is 12.1 Å². The molecule has 3 atom stereocenters. The number of likely N-dealkylation sites (tertiary alicyclic amines) is 1. The number of rotatable bonds is 3. The summed E-state index contributed by atoms with van der Waals surface area (Å²) in [5, 5.41) is 9.25. The van der Waals surface area contributed by atoms with Gasteiger partial charge in [0.2, 0.25) is 0 Å². The summed E-state index contributed by atoms with van der Waals surface area (Å²) in [6.07, 6.45) is 1.49. The van der Waals surface area contributed by atoms with Gasteiger partial charge >= 0.3 is 12.1 Å². The maximum Gasteiger partial charge on any atom is 0.411 e. The first-order valence-corrected chi connectivity index (χ1v) is 6.83. The van der Waals surface area contributed by atoms with Gasteiger partial charge in [-0.3, -0.25) is 4.90 Å². The molecule has 0 aromatic carbocycles. The first kappa shape index (κ1) is 17.0. The lowest BCUT2D eigenvalue weighted by Crippen LogP contribution is -2.46. The number of amides is 1. The van der Waals surface area contributed by atoms with Gasteiger partial charge < -0.3 is 9.47 Å². The smallest absolute Gasteiger partial charge is 0.411 e. The second-order valence-electron chi connectivity index (χ2n) is 6.02. The molecule has 6 heteroatoms. The van der Waals surface area contributed by atoms with Crippen LogP contribution in [0.25, 0.3) is 0 Å². The summed E-state index contributed by atoms with van der Waals surface area (Å²) in [5.74, 6) is -1.31. The molecule has 1 saturated heterocycles. The van der Waals surface area contributed by atoms with Crippen LogP contribution in [-0.2, 0) is 14.3 Å². The summed E-state index contributed by atoms with van der Waals surface area (Å²) in [6, 6.07) is 1.34. The number of ether oxygens (including phenoxy) is 2. The minimum absolute atomic E-state index is 0.156. The highest BCUT2D eigenvalue weighted by Gasteiger charge is 2.49. The fourth-order valence-electron chi connectivity index (χ4n) is 2.47. The molecule has 1 heterocycles. The molecule has 6 nitrogen and oxygen atoms in total. The molecule has 0 aliphatic carbocycles. The van der Waals surface area contributed by atoms with Crippen LogP contribution in [-0.4, -0.2) is 42.3 Å². The summed E-state index contributed by atoms with van der Waals surface area (Å²) < 4.78 is 10.1. The topological polar surface area (TPSA) is 79.6 Å². The van der Waals surface area contributed by atoms with E-state index in [0.717, 1.165) is 0 Å². The summed E-state index contributed by atoms with van der Waals surface area (Å²) in [6.45, 7) is 9.04. The fourth-order valence-corrected chi connectivity index (χ4v) is 2.47. The molecular formula is C15H22N2O4. The van der Waals surface area contributed by atoms with Crippen molar-refractivity contribution in [3.05, 3.63) is 12.7 Å². The molecule has 116 valence electrons. The molecule has 0 aromatic heterocycles. The lowest BCUT2D eigenvalue weighted by Gasteiger charge is -2.28. The molecule has 0 saturated carbocycles. The molecule has 2 unspecified atom stereocenters. The van der Waals surface area contributed by atoms with Crippen LogP contribution in [0.3, 0.4) is 0 Å². The Balaban J connectivity index is 3.06. The van der Waals surface area contributed by atoms with Crippen LogP contribution in [0.15, 0.2) is 12.7 Å². The fraction of sp³-hybridized carbons (Fsp3) is 0.667. The molecule has 1 fully saturated rings. The summed E-state index contributed by atoms with van der Waals surface area (Å²) in [4.78, 5) is 25.6. The highest BCUT2D eigenvalue weighted by molar-refractivity contribution is 5.82. The standard InChI is InChI=1S/C15H22N2O4/c1-6-7-11-10(8-16)9-17(12(11)13(18)20-5)14(19)21-15(2,3)4/h6,10-12H,1,7,9H2,2-5H3/t10?,11?,12-/m0/s1. The van der Waals surface area contributed by atoms with Crippen LogP contribution in [0.1, 0.15) is 27.2 Å². The van der Waals surface area contributed by atoms with E-state index in [1.165, 1.54) is 12.0 Å². The van der Waals surface area contributed by atoms with E-state index in [1.807, 2.05) is 0 Å². The second-order valence-corrected chi connectivity index (χ2v) is 6.02. The number of methoxy groups -OCH3 is 1. The van der Waals surface area contributed by atoms with Gasteiger partial charge in [-0.05, 0) is 27.2 Å². The number of carbonyl (C=O) groups excluding carboxylic acids is 2. The summed E-state index contributed by atoms with van der Waals surface area (Å²) in [5.41, 5.74) is -0.670. The molecule has 0 aromatic rings. The number of allylic oxidation sites excluding steroid dienone is 1. The monoisotopic (exact) mass is 294 g/mol. The van der Waals surface area contributed by atoms with Crippen molar-refractivity contribution in [3.8, 4) is 6.07 Å². The van der Waals surface area contributed by atoms with Gasteiger partial charge in [0.15, 0.2) is 0 Å². The van der Waals surface area contributed by atoms with Crippen molar-refractivity contribution in [2.75, 3.05) is 13.7 Å². The Bertz CT molecular complexity index is 461. The lowest BCUT2D eigenvalue weighted by atomic mass is 9.88. The Kier molecular flexibility index (Phi) is 5.36. The number of hydrogen-bond donors (Lipinski definition) is 0. The van der Waals surface area contributed by atoms with Crippen LogP contribution < -0.4 is 0 Å². The SMILES string of the molecule is C=CCC1C(C#N)CN(C(=O)OC(C)(C)C)[C@@H]1C(=O)OC. The zero-order chi connectivity index (χ0) is 16.2. The van der Waals surface area contributed by atoms with E-state index in [-0.39, 0.29) is 12.5 Å². The Morgan fingerprint density at radius 2 is 2.10 bits per heavy atom. The third-order valence-corrected chi connectivity index (χ3v) is 3.33. The maximum atomic E-state index is 12.3. The van der Waals surface area contributed by atoms with Crippen LogP contribution in [0.5, 0.6) is 0 Å². The van der Waals surface area contributed by atoms with E-state index in [0.29, 0.717) is 6.42 Å². The van der Waals surface area contributed by atoms with E-state index in [4.69, 9.17) is 9.47 Å². The first-order valence-electron chi connectivity index (χ1n) is 6.83. The minimum atomic E-state index is -0.813. The van der Waals surface area contributed by atoms with Gasteiger partial charge in [0.05, 0.1) is 19.1 Å². The predicted octanol–water partition coefficient (Wildman–Crippen LogP) is 2.11. The Morgan fingerprint density at radius 1 is 1.48 bits per heavy atom.